The molecule has 5 nitrogen and oxygen atoms in total. The largest absolute Gasteiger partial charge is 0.508 e. The van der Waals surface area contributed by atoms with Crippen molar-refractivity contribution in [1.29, 1.82) is 0 Å². The number of carbonyl (C=O) groups is 1. The summed E-state index contributed by atoms with van der Waals surface area (Å²) < 4.78 is 5.34. The van der Waals surface area contributed by atoms with Crippen LogP contribution in [-0.2, 0) is 0 Å². The second kappa shape index (κ2) is 7.27. The Hall–Kier alpha value is -3.08. The number of carbonyl (C=O) groups excluding carboxylic acids is 1. The van der Waals surface area contributed by atoms with Crippen molar-refractivity contribution < 1.29 is 14.4 Å². The summed E-state index contributed by atoms with van der Waals surface area (Å²) in [6, 6.07) is 17.0. The molecular weight excluding hydrogens is 340 g/mol. The van der Waals surface area contributed by atoms with E-state index in [1.54, 1.807) is 19.1 Å². The second-order valence-corrected chi connectivity index (χ2v) is 6.99. The van der Waals surface area contributed by atoms with Crippen LogP contribution in [-0.4, -0.2) is 34.2 Å². The van der Waals surface area contributed by atoms with Gasteiger partial charge in [0.25, 0.3) is 5.91 Å². The van der Waals surface area contributed by atoms with Crippen molar-refractivity contribution in [3.8, 4) is 17.0 Å². The van der Waals surface area contributed by atoms with Gasteiger partial charge in [0.15, 0.2) is 0 Å². The molecule has 0 aliphatic carbocycles. The molecule has 0 atom stereocenters. The molecule has 0 radical (unpaired) electrons. The molecule has 5 heteroatoms. The van der Waals surface area contributed by atoms with Crippen LogP contribution in [0.15, 0.2) is 59.1 Å². The smallest absolute Gasteiger partial charge is 0.259 e. The van der Waals surface area contributed by atoms with Crippen LogP contribution >= 0.6 is 0 Å². The molecule has 1 amide bonds. The van der Waals surface area contributed by atoms with E-state index in [4.69, 9.17) is 4.52 Å². The fourth-order valence-electron chi connectivity index (χ4n) is 3.74. The number of aryl methyl sites for hydroxylation is 1. The van der Waals surface area contributed by atoms with Gasteiger partial charge in [-0.15, -0.1) is 0 Å². The summed E-state index contributed by atoms with van der Waals surface area (Å²) in [5, 5.41) is 13.6. The van der Waals surface area contributed by atoms with E-state index in [0.29, 0.717) is 36.0 Å². The number of nitrogens with zero attached hydrogens (tertiary/aromatic N) is 2. The average molecular weight is 362 g/mol. The van der Waals surface area contributed by atoms with E-state index in [-0.39, 0.29) is 11.7 Å². The Kier molecular flexibility index (Phi) is 4.67. The highest BCUT2D eigenvalue weighted by Gasteiger charge is 2.29. The first-order chi connectivity index (χ1) is 13.1. The Morgan fingerprint density at radius 1 is 1.07 bits per heavy atom. The molecule has 4 rings (SSSR count). The van der Waals surface area contributed by atoms with Crippen LogP contribution in [0.4, 0.5) is 0 Å². The maximum absolute atomic E-state index is 13.2. The van der Waals surface area contributed by atoms with Crippen molar-refractivity contribution in [2.45, 2.75) is 25.7 Å². The first-order valence-electron chi connectivity index (χ1n) is 9.23. The molecule has 1 aliphatic rings. The molecule has 3 aromatic rings. The van der Waals surface area contributed by atoms with Crippen LogP contribution in [0.5, 0.6) is 5.75 Å². The molecule has 0 saturated carbocycles. The van der Waals surface area contributed by atoms with Crippen molar-refractivity contribution in [2.75, 3.05) is 13.1 Å². The molecule has 1 N–H and O–H groups in total. The van der Waals surface area contributed by atoms with Gasteiger partial charge in [0, 0.05) is 18.7 Å². The lowest BCUT2D eigenvalue weighted by atomic mass is 9.89. The summed E-state index contributed by atoms with van der Waals surface area (Å²) in [6.07, 6.45) is 1.81. The number of phenolic OH excluding ortho intramolecular Hbond substituents is 1. The zero-order valence-corrected chi connectivity index (χ0v) is 15.3. The van der Waals surface area contributed by atoms with Crippen LogP contribution in [0.1, 0.15) is 40.4 Å². The van der Waals surface area contributed by atoms with Gasteiger partial charge < -0.3 is 14.5 Å². The monoisotopic (exact) mass is 362 g/mol. The number of phenols is 1. The minimum atomic E-state index is -0.0169. The second-order valence-electron chi connectivity index (χ2n) is 6.99. The Bertz CT molecular complexity index is 924. The van der Waals surface area contributed by atoms with Gasteiger partial charge in [0.05, 0.1) is 0 Å². The van der Waals surface area contributed by atoms with E-state index < -0.39 is 0 Å². The minimum absolute atomic E-state index is 0.0169. The Labute approximate surface area is 158 Å². The molecule has 1 fully saturated rings. The number of hydrogen-bond donors (Lipinski definition) is 1. The first-order valence-corrected chi connectivity index (χ1v) is 9.23. The predicted molar refractivity (Wildman–Crippen MR) is 103 cm³/mol. The third kappa shape index (κ3) is 3.45. The number of likely N-dealkylation sites (tertiary alicyclic amines) is 1. The van der Waals surface area contributed by atoms with Crippen LogP contribution in [0.2, 0.25) is 0 Å². The number of piperidine rings is 1. The van der Waals surface area contributed by atoms with Gasteiger partial charge in [0.2, 0.25) is 0 Å². The molecule has 2 heterocycles. The van der Waals surface area contributed by atoms with E-state index >= 15 is 0 Å². The summed E-state index contributed by atoms with van der Waals surface area (Å²) in [7, 11) is 0. The predicted octanol–water partition coefficient (Wildman–Crippen LogP) is 4.38. The standard InChI is InChI=1S/C22H22N2O3/c1-15-20(21(23-27-15)18-5-3-2-4-6-18)22(26)24-13-11-17(12-14-24)16-7-9-19(25)10-8-16/h2-10,17,25H,11-14H2,1H3. The summed E-state index contributed by atoms with van der Waals surface area (Å²) in [4.78, 5) is 15.0. The van der Waals surface area contributed by atoms with E-state index in [2.05, 4.69) is 5.16 Å². The average Bonchev–Trinajstić information content (AvgIpc) is 3.10. The Balaban J connectivity index is 1.50. The third-order valence-corrected chi connectivity index (χ3v) is 5.27. The van der Waals surface area contributed by atoms with Gasteiger partial charge in [-0.1, -0.05) is 47.6 Å². The highest BCUT2D eigenvalue weighted by molar-refractivity contribution is 6.00. The number of aromatic hydroxyl groups is 1. The highest BCUT2D eigenvalue weighted by atomic mass is 16.5. The Morgan fingerprint density at radius 3 is 2.41 bits per heavy atom. The van der Waals surface area contributed by atoms with E-state index in [1.165, 1.54) is 5.56 Å². The maximum Gasteiger partial charge on any atom is 0.259 e. The first kappa shape index (κ1) is 17.3. The van der Waals surface area contributed by atoms with Gasteiger partial charge in [-0.05, 0) is 43.4 Å². The lowest BCUT2D eigenvalue weighted by molar-refractivity contribution is 0.0712. The molecule has 0 unspecified atom stereocenters. The zero-order valence-electron chi connectivity index (χ0n) is 15.3. The number of rotatable bonds is 3. The summed E-state index contributed by atoms with van der Waals surface area (Å²) in [5.74, 6) is 1.23. The number of aromatic nitrogens is 1. The molecule has 0 spiro atoms. The molecule has 1 aliphatic heterocycles. The van der Waals surface area contributed by atoms with Gasteiger partial charge >= 0.3 is 0 Å². The quantitative estimate of drug-likeness (QED) is 0.751. The fourth-order valence-corrected chi connectivity index (χ4v) is 3.74. The minimum Gasteiger partial charge on any atom is -0.508 e. The van der Waals surface area contributed by atoms with Crippen molar-refractivity contribution in [2.24, 2.45) is 0 Å². The van der Waals surface area contributed by atoms with Crippen LogP contribution < -0.4 is 0 Å². The zero-order chi connectivity index (χ0) is 18.8. The Morgan fingerprint density at radius 2 is 1.74 bits per heavy atom. The van der Waals surface area contributed by atoms with Crippen molar-refractivity contribution in [1.82, 2.24) is 10.1 Å². The lowest BCUT2D eigenvalue weighted by Crippen LogP contribution is -2.38. The van der Waals surface area contributed by atoms with Crippen LogP contribution in [0.3, 0.4) is 0 Å². The molecule has 138 valence electrons. The SMILES string of the molecule is Cc1onc(-c2ccccc2)c1C(=O)N1CCC(c2ccc(O)cc2)CC1. The molecule has 1 saturated heterocycles. The third-order valence-electron chi connectivity index (χ3n) is 5.27. The van der Waals surface area contributed by atoms with E-state index in [1.807, 2.05) is 47.4 Å². The molecular formula is C22H22N2O3. The number of benzene rings is 2. The van der Waals surface area contributed by atoms with Gasteiger partial charge in [-0.2, -0.15) is 0 Å². The number of amides is 1. The van der Waals surface area contributed by atoms with Gasteiger partial charge in [-0.3, -0.25) is 4.79 Å². The van der Waals surface area contributed by atoms with Crippen molar-refractivity contribution >= 4 is 5.91 Å². The maximum atomic E-state index is 13.2. The molecule has 0 bridgehead atoms. The number of hydrogen-bond acceptors (Lipinski definition) is 4. The topological polar surface area (TPSA) is 66.6 Å². The summed E-state index contributed by atoms with van der Waals surface area (Å²) in [5.41, 5.74) is 3.27. The van der Waals surface area contributed by atoms with Gasteiger partial charge in [-0.25, -0.2) is 0 Å². The molecule has 27 heavy (non-hydrogen) atoms. The highest BCUT2D eigenvalue weighted by Crippen LogP contribution is 2.32. The molecule has 2 aromatic carbocycles. The van der Waals surface area contributed by atoms with E-state index in [0.717, 1.165) is 18.4 Å². The van der Waals surface area contributed by atoms with Crippen molar-refractivity contribution in [3.05, 3.63) is 71.5 Å². The van der Waals surface area contributed by atoms with Crippen molar-refractivity contribution in [3.63, 3.8) is 0 Å². The lowest BCUT2D eigenvalue weighted by Gasteiger charge is -2.32. The normalized spacial score (nSPS) is 15.1. The van der Waals surface area contributed by atoms with Crippen LogP contribution in [0, 0.1) is 6.92 Å². The molecule has 1 aromatic heterocycles. The van der Waals surface area contributed by atoms with Gasteiger partial charge in [0.1, 0.15) is 22.8 Å². The fraction of sp³-hybridized carbons (Fsp3) is 0.273. The summed E-state index contributed by atoms with van der Waals surface area (Å²) >= 11 is 0. The summed E-state index contributed by atoms with van der Waals surface area (Å²) in [6.45, 7) is 3.18. The van der Waals surface area contributed by atoms with Crippen LogP contribution in [0.25, 0.3) is 11.3 Å². The van der Waals surface area contributed by atoms with E-state index in [9.17, 15) is 9.90 Å².